The van der Waals surface area contributed by atoms with Crippen molar-refractivity contribution >= 4 is 0 Å². The van der Waals surface area contributed by atoms with Crippen LogP contribution in [0.25, 0.3) is 0 Å². The second-order valence-electron chi connectivity index (χ2n) is 5.54. The van der Waals surface area contributed by atoms with Gasteiger partial charge in [0, 0.05) is 38.8 Å². The van der Waals surface area contributed by atoms with Crippen LogP contribution in [0.15, 0.2) is 30.3 Å². The van der Waals surface area contributed by atoms with E-state index in [4.69, 9.17) is 5.11 Å². The number of nitrogens with zero attached hydrogens (tertiary/aromatic N) is 2. The lowest BCUT2D eigenvalue weighted by Crippen LogP contribution is -2.51. The van der Waals surface area contributed by atoms with Gasteiger partial charge in [0.15, 0.2) is 0 Å². The molecule has 1 fully saturated rings. The third kappa shape index (κ3) is 4.60. The monoisotopic (exact) mass is 262 g/mol. The van der Waals surface area contributed by atoms with Crippen molar-refractivity contribution in [2.75, 3.05) is 32.8 Å². The van der Waals surface area contributed by atoms with E-state index in [1.54, 1.807) is 0 Å². The van der Waals surface area contributed by atoms with Gasteiger partial charge in [-0.2, -0.15) is 0 Å². The van der Waals surface area contributed by atoms with Crippen molar-refractivity contribution in [3.8, 4) is 0 Å². The van der Waals surface area contributed by atoms with E-state index in [2.05, 4.69) is 47.1 Å². The molecule has 3 heteroatoms. The molecule has 0 aromatic heterocycles. The number of piperazine rings is 1. The Morgan fingerprint density at radius 1 is 1.16 bits per heavy atom. The van der Waals surface area contributed by atoms with Crippen molar-refractivity contribution in [1.29, 1.82) is 0 Å². The van der Waals surface area contributed by atoms with Gasteiger partial charge in [0.2, 0.25) is 0 Å². The van der Waals surface area contributed by atoms with Crippen molar-refractivity contribution < 1.29 is 5.11 Å². The first-order valence-electron chi connectivity index (χ1n) is 7.41. The fourth-order valence-corrected chi connectivity index (χ4v) is 2.81. The molecule has 0 radical (unpaired) electrons. The molecule has 19 heavy (non-hydrogen) atoms. The number of benzene rings is 1. The summed E-state index contributed by atoms with van der Waals surface area (Å²) in [5.41, 5.74) is 1.41. The highest BCUT2D eigenvalue weighted by atomic mass is 16.2. The minimum Gasteiger partial charge on any atom is -0.396 e. The number of aliphatic hydroxyl groups excluding tert-OH is 1. The summed E-state index contributed by atoms with van der Waals surface area (Å²) in [6.07, 6.45) is 2.04. The first-order chi connectivity index (χ1) is 9.29. The third-order valence-corrected chi connectivity index (χ3v) is 3.95. The molecule has 1 aliphatic heterocycles. The van der Waals surface area contributed by atoms with Crippen LogP contribution in [-0.4, -0.2) is 53.7 Å². The van der Waals surface area contributed by atoms with Gasteiger partial charge >= 0.3 is 0 Å². The molecule has 1 N–H and O–H groups in total. The van der Waals surface area contributed by atoms with Gasteiger partial charge in [-0.25, -0.2) is 0 Å². The molecular weight excluding hydrogens is 236 g/mol. The topological polar surface area (TPSA) is 26.7 Å². The Balaban J connectivity index is 1.76. The van der Waals surface area contributed by atoms with Crippen LogP contribution in [0.3, 0.4) is 0 Å². The van der Waals surface area contributed by atoms with E-state index in [0.717, 1.165) is 45.6 Å². The highest BCUT2D eigenvalue weighted by molar-refractivity contribution is 5.14. The summed E-state index contributed by atoms with van der Waals surface area (Å²) in [6.45, 7) is 8.28. The predicted molar refractivity (Wildman–Crippen MR) is 79.1 cm³/mol. The van der Waals surface area contributed by atoms with Crippen LogP contribution in [0, 0.1) is 0 Å². The Morgan fingerprint density at radius 3 is 2.63 bits per heavy atom. The summed E-state index contributed by atoms with van der Waals surface area (Å²) in [5.74, 6) is 0. The van der Waals surface area contributed by atoms with Gasteiger partial charge in [-0.15, -0.1) is 0 Å². The molecule has 1 aliphatic rings. The Morgan fingerprint density at radius 2 is 1.95 bits per heavy atom. The van der Waals surface area contributed by atoms with E-state index in [1.807, 2.05) is 0 Å². The van der Waals surface area contributed by atoms with Crippen molar-refractivity contribution in [1.82, 2.24) is 9.80 Å². The molecule has 2 rings (SSSR count). The number of rotatable bonds is 6. The van der Waals surface area contributed by atoms with Gasteiger partial charge in [0.05, 0.1) is 0 Å². The molecule has 106 valence electrons. The normalized spacial score (nSPS) is 21.7. The zero-order chi connectivity index (χ0) is 13.5. The quantitative estimate of drug-likeness (QED) is 0.794. The Labute approximate surface area is 116 Å². The maximum atomic E-state index is 8.84. The van der Waals surface area contributed by atoms with Gasteiger partial charge < -0.3 is 5.11 Å². The van der Waals surface area contributed by atoms with Crippen LogP contribution in [0.4, 0.5) is 0 Å². The van der Waals surface area contributed by atoms with Crippen LogP contribution in [0.5, 0.6) is 0 Å². The molecule has 0 amide bonds. The average Bonchev–Trinajstić information content (AvgIpc) is 2.43. The molecular formula is C16H26N2O. The van der Waals surface area contributed by atoms with Gasteiger partial charge in [-0.05, 0) is 31.9 Å². The lowest BCUT2D eigenvalue weighted by molar-refractivity contribution is 0.0764. The third-order valence-electron chi connectivity index (χ3n) is 3.95. The first-order valence-corrected chi connectivity index (χ1v) is 7.41. The number of unbranched alkanes of at least 4 members (excludes halogenated alkanes) is 1. The zero-order valence-corrected chi connectivity index (χ0v) is 12.0. The van der Waals surface area contributed by atoms with Crippen LogP contribution >= 0.6 is 0 Å². The zero-order valence-electron chi connectivity index (χ0n) is 12.0. The fourth-order valence-electron chi connectivity index (χ4n) is 2.81. The van der Waals surface area contributed by atoms with Crippen LogP contribution < -0.4 is 0 Å². The highest BCUT2D eigenvalue weighted by Gasteiger charge is 2.22. The smallest absolute Gasteiger partial charge is 0.0431 e. The second-order valence-corrected chi connectivity index (χ2v) is 5.54. The van der Waals surface area contributed by atoms with Gasteiger partial charge in [0.25, 0.3) is 0 Å². The maximum Gasteiger partial charge on any atom is 0.0431 e. The summed E-state index contributed by atoms with van der Waals surface area (Å²) in [4.78, 5) is 5.10. The number of hydrogen-bond donors (Lipinski definition) is 1. The molecule has 0 aliphatic carbocycles. The molecule has 0 saturated carbocycles. The number of aliphatic hydroxyl groups is 1. The average molecular weight is 262 g/mol. The summed E-state index contributed by atoms with van der Waals surface area (Å²) in [6, 6.07) is 11.3. The van der Waals surface area contributed by atoms with Crippen LogP contribution in [-0.2, 0) is 6.54 Å². The summed E-state index contributed by atoms with van der Waals surface area (Å²) in [7, 11) is 0. The summed E-state index contributed by atoms with van der Waals surface area (Å²) in [5, 5.41) is 8.84. The minimum atomic E-state index is 0.322. The summed E-state index contributed by atoms with van der Waals surface area (Å²) < 4.78 is 0. The Kier molecular flexibility index (Phi) is 5.83. The van der Waals surface area contributed by atoms with E-state index in [1.165, 1.54) is 5.56 Å². The van der Waals surface area contributed by atoms with Crippen LogP contribution in [0.2, 0.25) is 0 Å². The highest BCUT2D eigenvalue weighted by Crippen LogP contribution is 2.13. The SMILES string of the molecule is C[C@@H]1CN(Cc2ccccc2)CCN1CCCCO. The van der Waals surface area contributed by atoms with E-state index < -0.39 is 0 Å². The maximum absolute atomic E-state index is 8.84. The van der Waals surface area contributed by atoms with E-state index in [9.17, 15) is 0 Å². The fraction of sp³-hybridized carbons (Fsp3) is 0.625. The van der Waals surface area contributed by atoms with Crippen molar-refractivity contribution in [2.45, 2.75) is 32.4 Å². The largest absolute Gasteiger partial charge is 0.396 e. The van der Waals surface area contributed by atoms with E-state index >= 15 is 0 Å². The van der Waals surface area contributed by atoms with E-state index in [-0.39, 0.29) is 0 Å². The molecule has 3 nitrogen and oxygen atoms in total. The molecule has 1 aromatic carbocycles. The van der Waals surface area contributed by atoms with Gasteiger partial charge in [-0.1, -0.05) is 30.3 Å². The summed E-state index contributed by atoms with van der Waals surface area (Å²) >= 11 is 0. The standard InChI is InChI=1S/C16H26N2O/c1-15-13-17(14-16-7-3-2-4-8-16)10-11-18(15)9-5-6-12-19/h2-4,7-8,15,19H,5-6,9-14H2,1H3/t15-/m1/s1. The Hall–Kier alpha value is -0.900. The van der Waals surface area contributed by atoms with Gasteiger partial charge in [-0.3, -0.25) is 9.80 Å². The second kappa shape index (κ2) is 7.63. The lowest BCUT2D eigenvalue weighted by Gasteiger charge is -2.40. The predicted octanol–water partition coefficient (Wildman–Crippen LogP) is 1.97. The molecule has 1 saturated heterocycles. The van der Waals surface area contributed by atoms with Crippen molar-refractivity contribution in [3.63, 3.8) is 0 Å². The molecule has 1 atom stereocenters. The lowest BCUT2D eigenvalue weighted by atomic mass is 10.1. The van der Waals surface area contributed by atoms with Crippen molar-refractivity contribution in [2.24, 2.45) is 0 Å². The molecule has 0 bridgehead atoms. The van der Waals surface area contributed by atoms with Crippen LogP contribution in [0.1, 0.15) is 25.3 Å². The van der Waals surface area contributed by atoms with Gasteiger partial charge in [0.1, 0.15) is 0 Å². The molecule has 1 aromatic rings. The van der Waals surface area contributed by atoms with Crippen molar-refractivity contribution in [3.05, 3.63) is 35.9 Å². The minimum absolute atomic E-state index is 0.322. The molecule has 0 unspecified atom stereocenters. The molecule has 0 spiro atoms. The molecule has 1 heterocycles. The van der Waals surface area contributed by atoms with E-state index in [0.29, 0.717) is 12.6 Å². The first kappa shape index (κ1) is 14.5. The number of hydrogen-bond acceptors (Lipinski definition) is 3. The Bertz CT molecular complexity index is 355.